The largest absolute Gasteiger partial charge is 0.521 e. The second-order valence-corrected chi connectivity index (χ2v) is 3.13. The molecule has 1 radical (unpaired) electrons. The Morgan fingerprint density at radius 1 is 1.75 bits per heavy atom. The topological polar surface area (TPSA) is 40.5 Å². The van der Waals surface area contributed by atoms with Gasteiger partial charge in [-0.2, -0.15) is 0 Å². The Morgan fingerprint density at radius 2 is 2.38 bits per heavy atom. The van der Waals surface area contributed by atoms with Gasteiger partial charge in [0.05, 0.1) is 0 Å². The molecule has 0 aromatic carbocycles. The predicted molar refractivity (Wildman–Crippen MR) is 57.4 cm³/mol. The van der Waals surface area contributed by atoms with Gasteiger partial charge in [-0.25, -0.2) is 0 Å². The van der Waals surface area contributed by atoms with Crippen molar-refractivity contribution in [3.63, 3.8) is 0 Å². The number of allylic oxidation sites excluding steroid dienone is 1. The number of hydrogen-bond acceptors (Lipinski definition) is 2. The molecule has 3 nitrogen and oxygen atoms in total. The van der Waals surface area contributed by atoms with Crippen molar-refractivity contribution < 1.29 is 42.6 Å². The molecule has 0 aromatic rings. The molecule has 81 valence electrons. The van der Waals surface area contributed by atoms with Crippen LogP contribution in [0.25, 0.3) is 0 Å². The van der Waals surface area contributed by atoms with Crippen LogP contribution in [0.1, 0.15) is 13.3 Å². The summed E-state index contributed by atoms with van der Waals surface area (Å²) in [5.74, 6) is 1.39. The van der Waals surface area contributed by atoms with Gasteiger partial charge in [0, 0.05) is 39.3 Å². The summed E-state index contributed by atoms with van der Waals surface area (Å²) in [6, 6.07) is 0. The smallest absolute Gasteiger partial charge is 0.249 e. The molecular formula is C12H12NO2Y-. The maximum atomic E-state index is 10.8. The third kappa shape index (κ3) is 3.33. The van der Waals surface area contributed by atoms with Crippen molar-refractivity contribution >= 4 is 5.97 Å². The molecule has 0 atom stereocenters. The molecule has 0 unspecified atom stereocenters. The molecule has 0 fully saturated rings. The van der Waals surface area contributed by atoms with E-state index >= 15 is 0 Å². The summed E-state index contributed by atoms with van der Waals surface area (Å²) >= 11 is 0. The summed E-state index contributed by atoms with van der Waals surface area (Å²) in [6.07, 6.45) is 10.3. The number of terminal acetylenes is 1. The number of hydrogen-bond donors (Lipinski definition) is 1. The van der Waals surface area contributed by atoms with Crippen LogP contribution >= 0.6 is 0 Å². The fourth-order valence-electron chi connectivity index (χ4n) is 1.27. The molecule has 0 bridgehead atoms. The zero-order valence-corrected chi connectivity index (χ0v) is 12.0. The van der Waals surface area contributed by atoms with Gasteiger partial charge in [-0.1, -0.05) is 19.0 Å². The van der Waals surface area contributed by atoms with Gasteiger partial charge in [-0.05, 0) is 23.3 Å². The number of rotatable bonds is 3. The third-order valence-electron chi connectivity index (χ3n) is 2.01. The molecule has 0 amide bonds. The van der Waals surface area contributed by atoms with Gasteiger partial charge in [-0.3, -0.25) is 0 Å². The number of carboxylic acid groups (broad SMARTS) is 1. The summed E-state index contributed by atoms with van der Waals surface area (Å²) in [7, 11) is 0. The first-order valence-electron chi connectivity index (χ1n) is 4.62. The van der Waals surface area contributed by atoms with Gasteiger partial charge in [0.15, 0.2) is 0 Å². The van der Waals surface area contributed by atoms with Crippen LogP contribution in [-0.4, -0.2) is 22.5 Å². The monoisotopic (exact) mass is 291 g/mol. The minimum atomic E-state index is -1.03. The Hall–Kier alpha value is -0.846. The van der Waals surface area contributed by atoms with E-state index in [1.807, 2.05) is 6.92 Å². The van der Waals surface area contributed by atoms with Crippen LogP contribution < -0.4 is 0 Å². The molecule has 0 saturated carbocycles. The first-order chi connectivity index (χ1) is 7.10. The molecule has 1 heterocycles. The van der Waals surface area contributed by atoms with Gasteiger partial charge >= 0.3 is 0 Å². The van der Waals surface area contributed by atoms with Crippen molar-refractivity contribution in [2.45, 2.75) is 13.3 Å². The molecule has 1 N–H and O–H groups in total. The van der Waals surface area contributed by atoms with Crippen LogP contribution in [0.2, 0.25) is 0 Å². The molecule has 1 aliphatic heterocycles. The van der Waals surface area contributed by atoms with Crippen LogP contribution in [0.3, 0.4) is 0 Å². The Bertz CT molecular complexity index is 402. The SMILES string of the molecule is C#CC1=CC(C(=O)O)=[C-]N(CCC)C1=C.[Y]. The zero-order valence-electron chi connectivity index (χ0n) is 9.16. The van der Waals surface area contributed by atoms with Gasteiger partial charge in [0.25, 0.3) is 0 Å². The molecule has 1 aliphatic rings. The average molecular weight is 291 g/mol. The van der Waals surface area contributed by atoms with Crippen LogP contribution in [0.5, 0.6) is 0 Å². The van der Waals surface area contributed by atoms with Crippen molar-refractivity contribution in [1.29, 1.82) is 0 Å². The van der Waals surface area contributed by atoms with E-state index in [9.17, 15) is 4.79 Å². The van der Waals surface area contributed by atoms with Crippen LogP contribution in [0, 0.1) is 18.5 Å². The van der Waals surface area contributed by atoms with E-state index in [0.717, 1.165) is 6.42 Å². The van der Waals surface area contributed by atoms with E-state index in [0.29, 0.717) is 17.8 Å². The fourth-order valence-corrected chi connectivity index (χ4v) is 1.27. The second kappa shape index (κ2) is 6.68. The normalized spacial score (nSPS) is 14.5. The minimum Gasteiger partial charge on any atom is -0.521 e. The van der Waals surface area contributed by atoms with E-state index in [2.05, 4.69) is 18.7 Å². The molecule has 1 rings (SSSR count). The van der Waals surface area contributed by atoms with Crippen LogP contribution in [0.4, 0.5) is 0 Å². The van der Waals surface area contributed by atoms with Crippen molar-refractivity contribution in [2.24, 2.45) is 0 Å². The van der Waals surface area contributed by atoms with E-state index in [4.69, 9.17) is 11.5 Å². The van der Waals surface area contributed by atoms with Gasteiger partial charge in [-0.15, -0.1) is 19.1 Å². The number of aliphatic carboxylic acids is 1. The molecule has 0 spiro atoms. The first kappa shape index (κ1) is 15.2. The van der Waals surface area contributed by atoms with Crippen molar-refractivity contribution in [1.82, 2.24) is 4.90 Å². The van der Waals surface area contributed by atoms with Crippen molar-refractivity contribution in [3.05, 3.63) is 35.7 Å². The number of nitrogens with zero attached hydrogens (tertiary/aromatic N) is 1. The maximum Gasteiger partial charge on any atom is 0.249 e. The first-order valence-corrected chi connectivity index (χ1v) is 4.62. The summed E-state index contributed by atoms with van der Waals surface area (Å²) in [4.78, 5) is 12.5. The van der Waals surface area contributed by atoms with Crippen molar-refractivity contribution in [3.8, 4) is 12.3 Å². The third-order valence-corrected chi connectivity index (χ3v) is 2.01. The van der Waals surface area contributed by atoms with E-state index in [1.165, 1.54) is 6.08 Å². The predicted octanol–water partition coefficient (Wildman–Crippen LogP) is 1.55. The molecule has 0 aromatic heterocycles. The molecule has 0 aliphatic carbocycles. The Morgan fingerprint density at radius 3 is 2.81 bits per heavy atom. The summed E-state index contributed by atoms with van der Waals surface area (Å²) < 4.78 is 0. The molecule has 4 heteroatoms. The fraction of sp³-hybridized carbons (Fsp3) is 0.250. The van der Waals surface area contributed by atoms with Gasteiger partial charge in [0.2, 0.25) is 5.97 Å². The molecule has 0 saturated heterocycles. The average Bonchev–Trinajstić information content (AvgIpc) is 2.21. The second-order valence-electron chi connectivity index (χ2n) is 3.13. The quantitative estimate of drug-likeness (QED) is 0.633. The van der Waals surface area contributed by atoms with Crippen LogP contribution in [0.15, 0.2) is 29.5 Å². The Kier molecular flexibility index (Phi) is 6.32. The maximum absolute atomic E-state index is 10.8. The van der Waals surface area contributed by atoms with E-state index in [-0.39, 0.29) is 38.3 Å². The standard InChI is InChI=1S/C12H12NO2.Y/c1-4-6-13-8-11(12(14)15)7-10(5-2)9(13)3;/h2,7H,3-4,6H2,1H3,(H,14,15);/q-1;. The van der Waals surface area contributed by atoms with E-state index < -0.39 is 5.97 Å². The summed E-state index contributed by atoms with van der Waals surface area (Å²) in [5, 5.41) is 8.85. The number of carbonyl (C=O) groups is 1. The molecule has 16 heavy (non-hydrogen) atoms. The van der Waals surface area contributed by atoms with Crippen LogP contribution in [-0.2, 0) is 37.5 Å². The van der Waals surface area contributed by atoms with Crippen molar-refractivity contribution in [2.75, 3.05) is 6.54 Å². The number of carboxylic acids is 1. The van der Waals surface area contributed by atoms with Gasteiger partial charge in [0.1, 0.15) is 0 Å². The zero-order chi connectivity index (χ0) is 11.4. The summed E-state index contributed by atoms with van der Waals surface area (Å²) in [6.45, 7) is 6.46. The van der Waals surface area contributed by atoms with E-state index in [1.54, 1.807) is 4.90 Å². The summed E-state index contributed by atoms with van der Waals surface area (Å²) in [5.41, 5.74) is 1.20. The molecular weight excluding hydrogens is 279 g/mol. The Balaban J connectivity index is 0.00000225. The van der Waals surface area contributed by atoms with Gasteiger partial charge < -0.3 is 14.8 Å². The minimum absolute atomic E-state index is 0. The Labute approximate surface area is 121 Å².